The fourth-order valence-electron chi connectivity index (χ4n) is 2.48. The van der Waals surface area contributed by atoms with Crippen LogP contribution in [0.4, 0.5) is 5.13 Å². The number of hydrogen-bond acceptors (Lipinski definition) is 5. The monoisotopic (exact) mass is 463 g/mol. The molecule has 2 aromatic rings. The molecule has 2 heterocycles. The number of aromatic nitrogens is 1. The summed E-state index contributed by atoms with van der Waals surface area (Å²) < 4.78 is 26.3. The van der Waals surface area contributed by atoms with Crippen LogP contribution >= 0.6 is 38.9 Å². The van der Waals surface area contributed by atoms with Gasteiger partial charge in [-0.25, -0.2) is 13.4 Å². The molecule has 0 bridgehead atoms. The Morgan fingerprint density at radius 2 is 2.24 bits per heavy atom. The molecular formula is C15H15BrClN3O3S2. The van der Waals surface area contributed by atoms with Gasteiger partial charge in [-0.3, -0.25) is 10.1 Å². The smallest absolute Gasteiger partial charge is 0.258 e. The lowest BCUT2D eigenvalue weighted by Gasteiger charge is -2.24. The molecule has 25 heavy (non-hydrogen) atoms. The normalized spacial score (nSPS) is 15.0. The number of fused-ring (bicyclic) bond motifs is 1. The van der Waals surface area contributed by atoms with Gasteiger partial charge in [-0.15, -0.1) is 11.3 Å². The van der Waals surface area contributed by atoms with Crippen LogP contribution in [0, 0.1) is 0 Å². The lowest BCUT2D eigenvalue weighted by molar-refractivity contribution is 0.102. The standard InChI is InChI=1S/C15H15BrClN3O3S2/c1-2-25(22,23)20-6-5-12-13(8-20)24-15(18-12)19-14(21)10-7-9(16)3-4-11(10)17/h3-4,7H,2,5-6,8H2,1H3,(H,18,19,21). The maximum atomic E-state index is 12.4. The number of rotatable bonds is 4. The largest absolute Gasteiger partial charge is 0.298 e. The molecule has 0 spiro atoms. The Morgan fingerprint density at radius 3 is 2.96 bits per heavy atom. The van der Waals surface area contributed by atoms with Crippen molar-refractivity contribution in [1.82, 2.24) is 9.29 Å². The van der Waals surface area contributed by atoms with E-state index < -0.39 is 10.0 Å². The minimum absolute atomic E-state index is 0.0755. The van der Waals surface area contributed by atoms with Gasteiger partial charge in [0.1, 0.15) is 0 Å². The highest BCUT2D eigenvalue weighted by molar-refractivity contribution is 9.10. The minimum atomic E-state index is -3.23. The van der Waals surface area contributed by atoms with Crippen molar-refractivity contribution in [3.8, 4) is 0 Å². The van der Waals surface area contributed by atoms with Crippen molar-refractivity contribution in [2.24, 2.45) is 0 Å². The average molecular weight is 465 g/mol. The van der Waals surface area contributed by atoms with E-state index in [4.69, 9.17) is 11.6 Å². The van der Waals surface area contributed by atoms with Crippen LogP contribution in [0.5, 0.6) is 0 Å². The van der Waals surface area contributed by atoms with Gasteiger partial charge in [0.05, 0.1) is 22.0 Å². The predicted molar refractivity (Wildman–Crippen MR) is 103 cm³/mol. The van der Waals surface area contributed by atoms with Crippen LogP contribution < -0.4 is 5.32 Å². The zero-order chi connectivity index (χ0) is 18.2. The Kier molecular flexibility index (Phi) is 5.50. The summed E-state index contributed by atoms with van der Waals surface area (Å²) in [6.45, 7) is 2.35. The van der Waals surface area contributed by atoms with Crippen LogP contribution in [0.15, 0.2) is 22.7 Å². The average Bonchev–Trinajstić information content (AvgIpc) is 2.98. The van der Waals surface area contributed by atoms with E-state index in [1.54, 1.807) is 25.1 Å². The van der Waals surface area contributed by atoms with Gasteiger partial charge in [0.15, 0.2) is 5.13 Å². The van der Waals surface area contributed by atoms with Crippen LogP contribution in [-0.4, -0.2) is 35.9 Å². The summed E-state index contributed by atoms with van der Waals surface area (Å²) in [5.41, 5.74) is 1.18. The van der Waals surface area contributed by atoms with Gasteiger partial charge in [0.25, 0.3) is 5.91 Å². The van der Waals surface area contributed by atoms with Crippen molar-refractivity contribution in [2.45, 2.75) is 19.9 Å². The first-order valence-corrected chi connectivity index (χ1v) is 11.1. The van der Waals surface area contributed by atoms with Crippen LogP contribution in [0.1, 0.15) is 27.9 Å². The highest BCUT2D eigenvalue weighted by Gasteiger charge is 2.28. The van der Waals surface area contributed by atoms with Gasteiger partial charge in [-0.05, 0) is 25.1 Å². The third-order valence-corrected chi connectivity index (χ3v) is 7.50. The quantitative estimate of drug-likeness (QED) is 0.751. The van der Waals surface area contributed by atoms with Crippen LogP contribution in [0.3, 0.4) is 0 Å². The fourth-order valence-corrected chi connectivity index (χ4v) is 5.21. The molecule has 1 N–H and O–H groups in total. The maximum absolute atomic E-state index is 12.4. The van der Waals surface area contributed by atoms with Crippen molar-refractivity contribution in [2.75, 3.05) is 17.6 Å². The third kappa shape index (κ3) is 4.06. The number of carbonyl (C=O) groups is 1. The van der Waals surface area contributed by atoms with Gasteiger partial charge in [-0.2, -0.15) is 4.31 Å². The molecule has 0 aliphatic carbocycles. The van der Waals surface area contributed by atoms with Crippen LogP contribution in [0.2, 0.25) is 5.02 Å². The molecule has 0 saturated heterocycles. The Morgan fingerprint density at radius 1 is 1.48 bits per heavy atom. The minimum Gasteiger partial charge on any atom is -0.298 e. The number of carbonyl (C=O) groups excluding carboxylic acids is 1. The van der Waals surface area contributed by atoms with Crippen molar-refractivity contribution < 1.29 is 13.2 Å². The number of hydrogen-bond donors (Lipinski definition) is 1. The third-order valence-electron chi connectivity index (χ3n) is 3.85. The number of sulfonamides is 1. The second kappa shape index (κ2) is 7.32. The molecule has 0 fully saturated rings. The molecular weight excluding hydrogens is 450 g/mol. The topological polar surface area (TPSA) is 79.4 Å². The van der Waals surface area contributed by atoms with Crippen LogP contribution in [0.25, 0.3) is 0 Å². The van der Waals surface area contributed by atoms with E-state index in [2.05, 4.69) is 26.2 Å². The summed E-state index contributed by atoms with van der Waals surface area (Å²) in [6, 6.07) is 5.03. The van der Waals surface area contributed by atoms with Gasteiger partial charge < -0.3 is 0 Å². The molecule has 0 radical (unpaired) electrons. The summed E-state index contributed by atoms with van der Waals surface area (Å²) in [7, 11) is -3.23. The molecule has 6 nitrogen and oxygen atoms in total. The SMILES string of the molecule is CCS(=O)(=O)N1CCc2nc(NC(=O)c3cc(Br)ccc3Cl)sc2C1. The summed E-state index contributed by atoms with van der Waals surface area (Å²) in [5.74, 6) is -0.276. The van der Waals surface area contributed by atoms with Gasteiger partial charge in [-0.1, -0.05) is 27.5 Å². The van der Waals surface area contributed by atoms with E-state index in [1.165, 1.54) is 15.6 Å². The van der Waals surface area contributed by atoms with E-state index in [0.717, 1.165) is 15.0 Å². The van der Waals surface area contributed by atoms with Crippen LogP contribution in [-0.2, 0) is 23.0 Å². The summed E-state index contributed by atoms with van der Waals surface area (Å²) >= 11 is 10.7. The van der Waals surface area contributed by atoms with Crippen molar-refractivity contribution in [3.05, 3.63) is 43.8 Å². The van der Waals surface area contributed by atoms with Gasteiger partial charge in [0.2, 0.25) is 10.0 Å². The predicted octanol–water partition coefficient (Wildman–Crippen LogP) is 3.52. The first-order valence-electron chi connectivity index (χ1n) is 7.53. The molecule has 0 saturated carbocycles. The number of nitrogens with zero attached hydrogens (tertiary/aromatic N) is 2. The first-order chi connectivity index (χ1) is 11.8. The number of amides is 1. The molecule has 0 unspecified atom stereocenters. The molecule has 10 heteroatoms. The Hall–Kier alpha value is -1.000. The highest BCUT2D eigenvalue weighted by Crippen LogP contribution is 2.30. The molecule has 134 valence electrons. The number of thiazole rings is 1. The fraction of sp³-hybridized carbons (Fsp3) is 0.333. The van der Waals surface area contributed by atoms with E-state index in [9.17, 15) is 13.2 Å². The number of anilines is 1. The number of nitrogens with one attached hydrogen (secondary N) is 1. The summed E-state index contributed by atoms with van der Waals surface area (Å²) in [5, 5.41) is 3.54. The van der Waals surface area contributed by atoms with E-state index in [1.807, 2.05) is 0 Å². The Balaban J connectivity index is 1.78. The second-order valence-electron chi connectivity index (χ2n) is 5.45. The summed E-state index contributed by atoms with van der Waals surface area (Å²) in [6.07, 6.45) is 0.540. The zero-order valence-electron chi connectivity index (χ0n) is 13.3. The number of halogens is 2. The second-order valence-corrected chi connectivity index (χ2v) is 10.1. The molecule has 1 amide bonds. The van der Waals surface area contributed by atoms with E-state index in [-0.39, 0.29) is 11.7 Å². The molecule has 0 atom stereocenters. The van der Waals surface area contributed by atoms with E-state index >= 15 is 0 Å². The van der Waals surface area contributed by atoms with Gasteiger partial charge >= 0.3 is 0 Å². The van der Waals surface area contributed by atoms with Crippen molar-refractivity contribution in [1.29, 1.82) is 0 Å². The Bertz CT molecular complexity index is 930. The van der Waals surface area contributed by atoms with Gasteiger partial charge in [0, 0.05) is 28.9 Å². The molecule has 3 rings (SSSR count). The lowest BCUT2D eigenvalue weighted by Crippen LogP contribution is -2.36. The zero-order valence-corrected chi connectivity index (χ0v) is 17.2. The number of benzene rings is 1. The Labute approximate surface area is 163 Å². The molecule has 1 aromatic heterocycles. The maximum Gasteiger partial charge on any atom is 0.258 e. The molecule has 1 aliphatic rings. The lowest BCUT2D eigenvalue weighted by atomic mass is 10.2. The summed E-state index contributed by atoms with van der Waals surface area (Å²) in [4.78, 5) is 17.7. The van der Waals surface area contributed by atoms with Crippen molar-refractivity contribution in [3.63, 3.8) is 0 Å². The highest BCUT2D eigenvalue weighted by atomic mass is 79.9. The first kappa shape index (κ1) is 18.8. The van der Waals surface area contributed by atoms with Crippen molar-refractivity contribution >= 4 is 59.9 Å². The van der Waals surface area contributed by atoms with E-state index in [0.29, 0.717) is 35.2 Å². The molecule has 1 aromatic carbocycles. The molecule has 1 aliphatic heterocycles.